The molecule has 0 unspecified atom stereocenters. The third-order valence-corrected chi connectivity index (χ3v) is 4.90. The number of hydrogen-bond donors (Lipinski definition) is 1. The molecule has 6 heteroatoms. The molecular formula is C19H31N3O3. The molecule has 0 atom stereocenters. The van der Waals surface area contributed by atoms with Gasteiger partial charge in [0.05, 0.1) is 12.2 Å². The van der Waals surface area contributed by atoms with Crippen molar-refractivity contribution >= 4 is 11.8 Å². The SMILES string of the molecule is COCCn1c(C)cc(C(=O)N2CCCCCCNC(=O)CC2)c1C. The molecule has 1 saturated heterocycles. The Morgan fingerprint density at radius 1 is 1.20 bits per heavy atom. The highest BCUT2D eigenvalue weighted by Gasteiger charge is 2.22. The van der Waals surface area contributed by atoms with Crippen LogP contribution < -0.4 is 5.32 Å². The van der Waals surface area contributed by atoms with Crippen LogP contribution >= 0.6 is 0 Å². The molecule has 1 aromatic rings. The summed E-state index contributed by atoms with van der Waals surface area (Å²) in [5.74, 6) is 0.0640. The zero-order valence-electron chi connectivity index (χ0n) is 15.8. The summed E-state index contributed by atoms with van der Waals surface area (Å²) in [6.45, 7) is 7.29. The Kier molecular flexibility index (Phi) is 7.50. The Hall–Kier alpha value is -1.82. The van der Waals surface area contributed by atoms with Crippen molar-refractivity contribution in [1.82, 2.24) is 14.8 Å². The highest BCUT2D eigenvalue weighted by atomic mass is 16.5. The number of carbonyl (C=O) groups is 2. The number of rotatable bonds is 4. The van der Waals surface area contributed by atoms with E-state index in [9.17, 15) is 9.59 Å². The van der Waals surface area contributed by atoms with Gasteiger partial charge in [-0.1, -0.05) is 12.8 Å². The molecule has 140 valence electrons. The van der Waals surface area contributed by atoms with Crippen molar-refractivity contribution in [3.05, 3.63) is 23.0 Å². The van der Waals surface area contributed by atoms with Crippen LogP contribution in [-0.2, 0) is 16.1 Å². The number of methoxy groups -OCH3 is 1. The molecule has 25 heavy (non-hydrogen) atoms. The topological polar surface area (TPSA) is 63.6 Å². The first-order chi connectivity index (χ1) is 12.0. The Bertz CT molecular complexity index is 595. The van der Waals surface area contributed by atoms with E-state index >= 15 is 0 Å². The van der Waals surface area contributed by atoms with Gasteiger partial charge >= 0.3 is 0 Å². The minimum Gasteiger partial charge on any atom is -0.383 e. The van der Waals surface area contributed by atoms with Gasteiger partial charge in [-0.2, -0.15) is 0 Å². The molecule has 1 aliphatic rings. The van der Waals surface area contributed by atoms with Crippen molar-refractivity contribution in [1.29, 1.82) is 0 Å². The predicted octanol–water partition coefficient (Wildman–Crippen LogP) is 2.27. The molecule has 0 aliphatic carbocycles. The van der Waals surface area contributed by atoms with Gasteiger partial charge in [0, 0.05) is 51.1 Å². The molecule has 2 amide bonds. The summed E-state index contributed by atoms with van der Waals surface area (Å²) in [5, 5.41) is 2.93. The lowest BCUT2D eigenvalue weighted by Crippen LogP contribution is -2.36. The average molecular weight is 349 g/mol. The first-order valence-electron chi connectivity index (χ1n) is 9.26. The molecule has 0 saturated carbocycles. The van der Waals surface area contributed by atoms with Crippen molar-refractivity contribution in [2.24, 2.45) is 0 Å². The lowest BCUT2D eigenvalue weighted by molar-refractivity contribution is -0.121. The summed E-state index contributed by atoms with van der Waals surface area (Å²) in [6, 6.07) is 1.96. The standard InChI is InChI=1S/C19H31N3O3/c1-15-14-17(16(2)22(15)12-13-25-3)19(24)21-10-7-5-4-6-9-20-18(23)8-11-21/h14H,4-13H2,1-3H3,(H,20,23). The number of hydrogen-bond acceptors (Lipinski definition) is 3. The maximum atomic E-state index is 13.1. The molecule has 6 nitrogen and oxygen atoms in total. The molecule has 2 heterocycles. The Balaban J connectivity index is 2.13. The van der Waals surface area contributed by atoms with Crippen LogP contribution in [0.3, 0.4) is 0 Å². The number of amides is 2. The quantitative estimate of drug-likeness (QED) is 0.907. The summed E-state index contributed by atoms with van der Waals surface area (Å²) in [5.41, 5.74) is 2.77. The molecule has 0 spiro atoms. The van der Waals surface area contributed by atoms with Gasteiger partial charge in [0.1, 0.15) is 0 Å². The van der Waals surface area contributed by atoms with E-state index in [1.54, 1.807) is 7.11 Å². The van der Waals surface area contributed by atoms with Crippen LogP contribution in [0.1, 0.15) is 53.8 Å². The molecule has 0 bridgehead atoms. The fourth-order valence-corrected chi connectivity index (χ4v) is 3.36. The molecule has 1 aliphatic heterocycles. The van der Waals surface area contributed by atoms with E-state index in [1.165, 1.54) is 0 Å². The number of aryl methyl sites for hydroxylation is 1. The second-order valence-corrected chi connectivity index (χ2v) is 6.74. The van der Waals surface area contributed by atoms with Crippen LogP contribution in [0.5, 0.6) is 0 Å². The summed E-state index contributed by atoms with van der Waals surface area (Å²) < 4.78 is 7.28. The van der Waals surface area contributed by atoms with Gasteiger partial charge in [0.15, 0.2) is 0 Å². The van der Waals surface area contributed by atoms with Gasteiger partial charge in [-0.05, 0) is 32.8 Å². The van der Waals surface area contributed by atoms with E-state index in [0.29, 0.717) is 26.1 Å². The van der Waals surface area contributed by atoms with Crippen LogP contribution in [0.4, 0.5) is 0 Å². The molecule has 0 aromatic carbocycles. The monoisotopic (exact) mass is 349 g/mol. The number of nitrogens with zero attached hydrogens (tertiary/aromatic N) is 2. The Labute approximate surface area is 150 Å². The highest BCUT2D eigenvalue weighted by Crippen LogP contribution is 2.18. The van der Waals surface area contributed by atoms with Crippen molar-refractivity contribution in [2.75, 3.05) is 33.4 Å². The molecule has 2 rings (SSSR count). The van der Waals surface area contributed by atoms with E-state index in [0.717, 1.165) is 55.7 Å². The van der Waals surface area contributed by atoms with Gasteiger partial charge in [-0.15, -0.1) is 0 Å². The molecular weight excluding hydrogens is 318 g/mol. The lowest BCUT2D eigenvalue weighted by atomic mass is 10.1. The van der Waals surface area contributed by atoms with Crippen LogP contribution in [0, 0.1) is 13.8 Å². The molecule has 1 aromatic heterocycles. The fourth-order valence-electron chi connectivity index (χ4n) is 3.36. The minimum absolute atomic E-state index is 0.0313. The van der Waals surface area contributed by atoms with E-state index in [2.05, 4.69) is 9.88 Å². The van der Waals surface area contributed by atoms with E-state index < -0.39 is 0 Å². The smallest absolute Gasteiger partial charge is 0.255 e. The van der Waals surface area contributed by atoms with Crippen LogP contribution in [0.15, 0.2) is 6.07 Å². The minimum atomic E-state index is 0.0313. The normalized spacial score (nSPS) is 17.1. The number of ether oxygens (including phenoxy) is 1. The molecule has 0 radical (unpaired) electrons. The Morgan fingerprint density at radius 3 is 2.72 bits per heavy atom. The van der Waals surface area contributed by atoms with E-state index in [-0.39, 0.29) is 11.8 Å². The maximum Gasteiger partial charge on any atom is 0.255 e. The third kappa shape index (κ3) is 5.33. The van der Waals surface area contributed by atoms with Gasteiger partial charge < -0.3 is 19.5 Å². The van der Waals surface area contributed by atoms with Gasteiger partial charge in [0.2, 0.25) is 5.91 Å². The number of carbonyl (C=O) groups excluding carboxylic acids is 2. The largest absolute Gasteiger partial charge is 0.383 e. The predicted molar refractivity (Wildman–Crippen MR) is 97.8 cm³/mol. The summed E-state index contributed by atoms with van der Waals surface area (Å²) >= 11 is 0. The van der Waals surface area contributed by atoms with Gasteiger partial charge in [-0.3, -0.25) is 9.59 Å². The highest BCUT2D eigenvalue weighted by molar-refractivity contribution is 5.96. The maximum absolute atomic E-state index is 13.1. The van der Waals surface area contributed by atoms with Crippen molar-refractivity contribution in [2.45, 2.75) is 52.5 Å². The van der Waals surface area contributed by atoms with Crippen LogP contribution in [-0.4, -0.2) is 54.6 Å². The van der Waals surface area contributed by atoms with Crippen molar-refractivity contribution in [3.8, 4) is 0 Å². The first-order valence-corrected chi connectivity index (χ1v) is 9.26. The second-order valence-electron chi connectivity index (χ2n) is 6.74. The third-order valence-electron chi connectivity index (χ3n) is 4.90. The van der Waals surface area contributed by atoms with Crippen LogP contribution in [0.25, 0.3) is 0 Å². The van der Waals surface area contributed by atoms with Crippen LogP contribution in [0.2, 0.25) is 0 Å². The molecule has 1 N–H and O–H groups in total. The summed E-state index contributed by atoms with van der Waals surface area (Å²) in [7, 11) is 1.68. The second kappa shape index (κ2) is 9.61. The van der Waals surface area contributed by atoms with Crippen molar-refractivity contribution < 1.29 is 14.3 Å². The average Bonchev–Trinajstić information content (AvgIpc) is 2.85. The zero-order valence-corrected chi connectivity index (χ0v) is 15.8. The molecule has 1 fully saturated rings. The fraction of sp³-hybridized carbons (Fsp3) is 0.684. The van der Waals surface area contributed by atoms with E-state index in [1.807, 2.05) is 24.8 Å². The zero-order chi connectivity index (χ0) is 18.2. The van der Waals surface area contributed by atoms with E-state index in [4.69, 9.17) is 4.74 Å². The van der Waals surface area contributed by atoms with Gasteiger partial charge in [-0.25, -0.2) is 0 Å². The summed E-state index contributed by atoms with van der Waals surface area (Å²) in [6.07, 6.45) is 4.55. The van der Waals surface area contributed by atoms with Gasteiger partial charge in [0.25, 0.3) is 5.91 Å². The Morgan fingerprint density at radius 2 is 1.96 bits per heavy atom. The summed E-state index contributed by atoms with van der Waals surface area (Å²) in [4.78, 5) is 26.8. The number of nitrogens with one attached hydrogen (secondary N) is 1. The first kappa shape index (κ1) is 19.5. The van der Waals surface area contributed by atoms with Crippen molar-refractivity contribution in [3.63, 3.8) is 0 Å². The lowest BCUT2D eigenvalue weighted by Gasteiger charge is -2.22. The number of aromatic nitrogens is 1.